The maximum Gasteiger partial charge on any atom is 0.129 e. The van der Waals surface area contributed by atoms with Crippen LogP contribution in [0.1, 0.15) is 30.4 Å². The Bertz CT molecular complexity index is 1210. The van der Waals surface area contributed by atoms with Gasteiger partial charge < -0.3 is 4.84 Å². The van der Waals surface area contributed by atoms with Crippen molar-refractivity contribution in [3.05, 3.63) is 76.8 Å². The van der Waals surface area contributed by atoms with Crippen molar-refractivity contribution in [1.29, 1.82) is 0 Å². The van der Waals surface area contributed by atoms with Crippen molar-refractivity contribution in [3.8, 4) is 0 Å². The van der Waals surface area contributed by atoms with E-state index in [0.29, 0.717) is 11.8 Å². The molecule has 4 aromatic rings. The van der Waals surface area contributed by atoms with E-state index in [1.54, 1.807) is 6.07 Å². The molecule has 1 aromatic carbocycles. The van der Waals surface area contributed by atoms with Crippen LogP contribution < -0.4 is 0 Å². The number of oxime groups is 1. The molecule has 0 amide bonds. The number of benzene rings is 1. The molecule has 4 rings (SSSR count). The van der Waals surface area contributed by atoms with Crippen LogP contribution in [-0.4, -0.2) is 27.3 Å². The zero-order valence-electron chi connectivity index (χ0n) is 16.4. The van der Waals surface area contributed by atoms with Gasteiger partial charge in [0, 0.05) is 22.2 Å². The lowest BCUT2D eigenvalue weighted by molar-refractivity contribution is 0.141. The summed E-state index contributed by atoms with van der Waals surface area (Å²) in [5.41, 5.74) is 5.27. The number of hydrogen-bond acceptors (Lipinski definition) is 5. The van der Waals surface area contributed by atoms with E-state index < -0.39 is 0 Å². The SMILES string of the molecule is C/C(=N\OCCCc1ccc2ccc3ccc(Cl)nc3c2n1)c1cccc(C)n1. The first-order valence-corrected chi connectivity index (χ1v) is 9.93. The molecule has 0 aliphatic carbocycles. The van der Waals surface area contributed by atoms with Gasteiger partial charge in [-0.2, -0.15) is 0 Å². The van der Waals surface area contributed by atoms with E-state index in [-0.39, 0.29) is 0 Å². The van der Waals surface area contributed by atoms with Gasteiger partial charge >= 0.3 is 0 Å². The predicted octanol–water partition coefficient (Wildman–Crippen LogP) is 5.51. The lowest BCUT2D eigenvalue weighted by atomic mass is 10.1. The van der Waals surface area contributed by atoms with Crippen LogP contribution in [0.4, 0.5) is 0 Å². The van der Waals surface area contributed by atoms with Crippen molar-refractivity contribution >= 4 is 39.1 Å². The van der Waals surface area contributed by atoms with Gasteiger partial charge in [0.25, 0.3) is 0 Å². The van der Waals surface area contributed by atoms with Crippen molar-refractivity contribution in [2.45, 2.75) is 26.7 Å². The Balaban J connectivity index is 1.41. The summed E-state index contributed by atoms with van der Waals surface area (Å²) in [6.07, 6.45) is 1.61. The molecule has 0 fully saturated rings. The smallest absolute Gasteiger partial charge is 0.129 e. The second kappa shape index (κ2) is 8.53. The third kappa shape index (κ3) is 4.51. The lowest BCUT2D eigenvalue weighted by Gasteiger charge is -2.06. The quantitative estimate of drug-likeness (QED) is 0.140. The van der Waals surface area contributed by atoms with Gasteiger partial charge in [0.05, 0.1) is 16.7 Å². The predicted molar refractivity (Wildman–Crippen MR) is 118 cm³/mol. The molecule has 0 N–H and O–H groups in total. The van der Waals surface area contributed by atoms with Gasteiger partial charge in [-0.3, -0.25) is 9.97 Å². The van der Waals surface area contributed by atoms with Gasteiger partial charge in [0.15, 0.2) is 0 Å². The zero-order valence-corrected chi connectivity index (χ0v) is 17.1. The minimum absolute atomic E-state index is 0.474. The minimum atomic E-state index is 0.474. The van der Waals surface area contributed by atoms with E-state index in [4.69, 9.17) is 21.4 Å². The highest BCUT2D eigenvalue weighted by molar-refractivity contribution is 6.30. The number of rotatable bonds is 6. The number of hydrogen-bond donors (Lipinski definition) is 0. The van der Waals surface area contributed by atoms with Gasteiger partial charge in [-0.05, 0) is 57.0 Å². The molecule has 0 saturated carbocycles. The molecule has 3 aromatic heterocycles. The summed E-state index contributed by atoms with van der Waals surface area (Å²) in [6, 6.07) is 17.8. The number of pyridine rings is 3. The molecule has 0 unspecified atom stereocenters. The first kappa shape index (κ1) is 19.3. The average molecular weight is 405 g/mol. The number of nitrogens with zero attached hydrogens (tertiary/aromatic N) is 4. The molecule has 0 saturated heterocycles. The molecule has 0 aliphatic heterocycles. The van der Waals surface area contributed by atoms with Crippen LogP contribution in [0.3, 0.4) is 0 Å². The van der Waals surface area contributed by atoms with Gasteiger partial charge in [-0.1, -0.05) is 41.0 Å². The maximum absolute atomic E-state index is 6.08. The summed E-state index contributed by atoms with van der Waals surface area (Å²) in [5.74, 6) is 0. The molecule has 0 aliphatic rings. The van der Waals surface area contributed by atoms with E-state index >= 15 is 0 Å². The summed E-state index contributed by atoms with van der Waals surface area (Å²) in [6.45, 7) is 4.37. The van der Waals surface area contributed by atoms with Crippen LogP contribution in [0.25, 0.3) is 21.8 Å². The van der Waals surface area contributed by atoms with Crippen LogP contribution in [-0.2, 0) is 11.3 Å². The molecule has 6 heteroatoms. The fraction of sp³-hybridized carbons (Fsp3) is 0.217. The number of fused-ring (bicyclic) bond motifs is 3. The fourth-order valence-electron chi connectivity index (χ4n) is 3.18. The molecule has 0 bridgehead atoms. The summed E-state index contributed by atoms with van der Waals surface area (Å²) in [7, 11) is 0. The van der Waals surface area contributed by atoms with Crippen molar-refractivity contribution in [1.82, 2.24) is 15.0 Å². The molecule has 5 nitrogen and oxygen atoms in total. The van der Waals surface area contributed by atoms with Gasteiger partial charge in [0.2, 0.25) is 0 Å². The Morgan fingerprint density at radius 1 is 0.931 bits per heavy atom. The van der Waals surface area contributed by atoms with E-state index in [0.717, 1.165) is 57.4 Å². The normalized spacial score (nSPS) is 11.9. The van der Waals surface area contributed by atoms with Crippen molar-refractivity contribution in [2.75, 3.05) is 6.61 Å². The molecule has 3 heterocycles. The highest BCUT2D eigenvalue weighted by Crippen LogP contribution is 2.24. The summed E-state index contributed by atoms with van der Waals surface area (Å²) in [4.78, 5) is 19.2. The third-order valence-corrected chi connectivity index (χ3v) is 4.88. The highest BCUT2D eigenvalue weighted by Gasteiger charge is 2.06. The molecule has 146 valence electrons. The second-order valence-electron chi connectivity index (χ2n) is 6.92. The first-order valence-electron chi connectivity index (χ1n) is 9.56. The molecular formula is C23H21ClN4O. The maximum atomic E-state index is 6.08. The largest absolute Gasteiger partial charge is 0.396 e. The van der Waals surface area contributed by atoms with Crippen LogP contribution in [0.2, 0.25) is 5.15 Å². The van der Waals surface area contributed by atoms with E-state index in [1.165, 1.54) is 0 Å². The molecule has 0 atom stereocenters. The van der Waals surface area contributed by atoms with E-state index in [9.17, 15) is 0 Å². The fourth-order valence-corrected chi connectivity index (χ4v) is 3.32. The molecular weight excluding hydrogens is 384 g/mol. The second-order valence-corrected chi connectivity index (χ2v) is 7.31. The van der Waals surface area contributed by atoms with Crippen molar-refractivity contribution in [3.63, 3.8) is 0 Å². The van der Waals surface area contributed by atoms with Gasteiger partial charge in [-0.15, -0.1) is 0 Å². The number of aryl methyl sites for hydroxylation is 2. The van der Waals surface area contributed by atoms with Crippen molar-refractivity contribution < 1.29 is 4.84 Å². The van der Waals surface area contributed by atoms with Gasteiger partial charge in [-0.25, -0.2) is 4.98 Å². The minimum Gasteiger partial charge on any atom is -0.396 e. The monoisotopic (exact) mass is 404 g/mol. The summed E-state index contributed by atoms with van der Waals surface area (Å²) in [5, 5.41) is 6.74. The topological polar surface area (TPSA) is 60.3 Å². The average Bonchev–Trinajstić information content (AvgIpc) is 2.73. The zero-order chi connectivity index (χ0) is 20.2. The Hall–Kier alpha value is -3.05. The third-order valence-electron chi connectivity index (χ3n) is 4.67. The van der Waals surface area contributed by atoms with E-state index in [2.05, 4.69) is 27.3 Å². The highest BCUT2D eigenvalue weighted by atomic mass is 35.5. The Morgan fingerprint density at radius 3 is 2.45 bits per heavy atom. The Labute approximate surface area is 174 Å². The molecule has 0 radical (unpaired) electrons. The number of aromatic nitrogens is 3. The van der Waals surface area contributed by atoms with Crippen LogP contribution in [0.5, 0.6) is 0 Å². The van der Waals surface area contributed by atoms with Crippen molar-refractivity contribution in [2.24, 2.45) is 5.16 Å². The summed E-state index contributed by atoms with van der Waals surface area (Å²) < 4.78 is 0. The number of halogens is 1. The lowest BCUT2D eigenvalue weighted by Crippen LogP contribution is -2.02. The van der Waals surface area contributed by atoms with Crippen LogP contribution in [0, 0.1) is 6.92 Å². The molecule has 29 heavy (non-hydrogen) atoms. The van der Waals surface area contributed by atoms with E-state index in [1.807, 2.05) is 50.2 Å². The molecule has 0 spiro atoms. The van der Waals surface area contributed by atoms with Crippen LogP contribution in [0.15, 0.2) is 59.8 Å². The Morgan fingerprint density at radius 2 is 1.66 bits per heavy atom. The standard InChI is InChI=1S/C23H21ClN4O/c1-15-5-3-7-20(25-15)16(2)28-29-14-4-6-19-12-10-17-8-9-18-11-13-21(24)27-23(18)22(17)26-19/h3,5,7-13H,4,6,14H2,1-2H3/b28-16+. The first-order chi connectivity index (χ1) is 14.1. The Kier molecular flexibility index (Phi) is 5.67. The van der Waals surface area contributed by atoms with Gasteiger partial charge in [0.1, 0.15) is 17.5 Å². The summed E-state index contributed by atoms with van der Waals surface area (Å²) >= 11 is 6.08. The van der Waals surface area contributed by atoms with Crippen LogP contribution >= 0.6 is 11.6 Å².